The smallest absolute Gasteiger partial charge is 0.126 e. The molecule has 1 saturated heterocycles. The summed E-state index contributed by atoms with van der Waals surface area (Å²) in [4.78, 5) is 2.50. The molecule has 2 nitrogen and oxygen atoms in total. The number of nitrogens with zero attached hydrogens (tertiary/aromatic N) is 1. The van der Waals surface area contributed by atoms with E-state index in [1.165, 1.54) is 12.8 Å². The molecule has 1 aromatic carbocycles. The number of rotatable bonds is 5. The fraction of sp³-hybridized carbons (Fsp3) is 0.667. The van der Waals surface area contributed by atoms with Crippen LogP contribution in [0.25, 0.3) is 0 Å². The molecule has 3 heteroatoms. The molecule has 2 atom stereocenters. The first kappa shape index (κ1) is 16.4. The molecule has 118 valence electrons. The monoisotopic (exact) mass is 292 g/mol. The molecule has 0 aromatic heterocycles. The van der Waals surface area contributed by atoms with Crippen LogP contribution < -0.4 is 5.32 Å². The van der Waals surface area contributed by atoms with Crippen LogP contribution in [-0.2, 0) is 0 Å². The zero-order valence-electron chi connectivity index (χ0n) is 13.8. The summed E-state index contributed by atoms with van der Waals surface area (Å²) in [5.41, 5.74) is 1.82. The van der Waals surface area contributed by atoms with Crippen molar-refractivity contribution in [2.24, 2.45) is 5.92 Å². The summed E-state index contributed by atoms with van der Waals surface area (Å²) in [6, 6.07) is 6.50. The molecule has 0 amide bonds. The minimum atomic E-state index is -0.0885. The number of likely N-dealkylation sites (tertiary alicyclic amines) is 1. The number of piperidine rings is 1. The Morgan fingerprint density at radius 3 is 2.76 bits per heavy atom. The highest BCUT2D eigenvalue weighted by molar-refractivity contribution is 5.25. The van der Waals surface area contributed by atoms with E-state index in [4.69, 9.17) is 0 Å². The van der Waals surface area contributed by atoms with Gasteiger partial charge >= 0.3 is 0 Å². The normalized spacial score (nSPS) is 21.7. The quantitative estimate of drug-likeness (QED) is 0.885. The predicted molar refractivity (Wildman–Crippen MR) is 87.0 cm³/mol. The van der Waals surface area contributed by atoms with Crippen LogP contribution in [0, 0.1) is 18.7 Å². The van der Waals surface area contributed by atoms with Gasteiger partial charge < -0.3 is 5.32 Å². The molecular formula is C18H29FN2. The van der Waals surface area contributed by atoms with Gasteiger partial charge in [-0.2, -0.15) is 0 Å². The Kier molecular flexibility index (Phi) is 5.77. The number of aryl methyl sites for hydroxylation is 1. The van der Waals surface area contributed by atoms with Crippen LogP contribution in [0.5, 0.6) is 0 Å². The van der Waals surface area contributed by atoms with E-state index in [0.29, 0.717) is 18.0 Å². The zero-order valence-corrected chi connectivity index (χ0v) is 13.8. The molecule has 1 N–H and O–H groups in total. The standard InChI is InChI=1S/C18H29FN2/c1-13(2)20-11-16-6-5-9-21(12-16)15(4)17-8-7-14(3)18(19)10-17/h7-8,10,13,15-16,20H,5-6,9,11-12H2,1-4H3. The van der Waals surface area contributed by atoms with Crippen molar-refractivity contribution in [1.29, 1.82) is 0 Å². The average Bonchev–Trinajstić information content (AvgIpc) is 2.47. The van der Waals surface area contributed by atoms with Crippen LogP contribution in [0.3, 0.4) is 0 Å². The Morgan fingerprint density at radius 1 is 1.33 bits per heavy atom. The van der Waals surface area contributed by atoms with Crippen molar-refractivity contribution >= 4 is 0 Å². The van der Waals surface area contributed by atoms with E-state index in [2.05, 4.69) is 37.1 Å². The van der Waals surface area contributed by atoms with Crippen LogP contribution in [0.1, 0.15) is 50.8 Å². The highest BCUT2D eigenvalue weighted by Gasteiger charge is 2.24. The summed E-state index contributed by atoms with van der Waals surface area (Å²) < 4.78 is 13.8. The second kappa shape index (κ2) is 7.37. The SMILES string of the molecule is Cc1ccc(C(C)N2CCCC(CNC(C)C)C2)cc1F. The summed E-state index contributed by atoms with van der Waals surface area (Å²) in [7, 11) is 0. The number of halogens is 1. The molecule has 2 rings (SSSR count). The Hall–Kier alpha value is -0.930. The molecule has 1 aliphatic rings. The van der Waals surface area contributed by atoms with Crippen molar-refractivity contribution in [2.75, 3.05) is 19.6 Å². The number of hydrogen-bond donors (Lipinski definition) is 1. The maximum Gasteiger partial charge on any atom is 0.126 e. The highest BCUT2D eigenvalue weighted by Crippen LogP contribution is 2.27. The van der Waals surface area contributed by atoms with E-state index in [0.717, 1.165) is 30.8 Å². The third-order valence-electron chi connectivity index (χ3n) is 4.59. The van der Waals surface area contributed by atoms with E-state index < -0.39 is 0 Å². The molecule has 2 unspecified atom stereocenters. The van der Waals surface area contributed by atoms with E-state index >= 15 is 0 Å². The third-order valence-corrected chi connectivity index (χ3v) is 4.59. The van der Waals surface area contributed by atoms with Gasteiger partial charge in [0.15, 0.2) is 0 Å². The third kappa shape index (κ3) is 4.52. The lowest BCUT2D eigenvalue weighted by atomic mass is 9.94. The Balaban J connectivity index is 1.97. The first-order valence-electron chi connectivity index (χ1n) is 8.21. The molecule has 1 aromatic rings. The minimum absolute atomic E-state index is 0.0885. The highest BCUT2D eigenvalue weighted by atomic mass is 19.1. The molecule has 0 aliphatic carbocycles. The van der Waals surface area contributed by atoms with Gasteiger partial charge in [-0.3, -0.25) is 4.90 Å². The molecule has 0 radical (unpaired) electrons. The van der Waals surface area contributed by atoms with Gasteiger partial charge in [0.25, 0.3) is 0 Å². The van der Waals surface area contributed by atoms with E-state index in [1.807, 2.05) is 13.0 Å². The van der Waals surface area contributed by atoms with Crippen LogP contribution in [0.4, 0.5) is 4.39 Å². The molecular weight excluding hydrogens is 263 g/mol. The molecule has 1 fully saturated rings. The number of nitrogens with one attached hydrogen (secondary N) is 1. The largest absolute Gasteiger partial charge is 0.314 e. The van der Waals surface area contributed by atoms with Gasteiger partial charge in [-0.25, -0.2) is 4.39 Å². The second-order valence-electron chi connectivity index (χ2n) is 6.75. The maximum atomic E-state index is 13.8. The topological polar surface area (TPSA) is 15.3 Å². The molecule has 0 bridgehead atoms. The number of hydrogen-bond acceptors (Lipinski definition) is 2. The lowest BCUT2D eigenvalue weighted by Crippen LogP contribution is -2.42. The summed E-state index contributed by atoms with van der Waals surface area (Å²) >= 11 is 0. The molecule has 0 spiro atoms. The lowest BCUT2D eigenvalue weighted by Gasteiger charge is -2.37. The molecule has 1 aliphatic heterocycles. The van der Waals surface area contributed by atoms with Crippen molar-refractivity contribution in [3.8, 4) is 0 Å². The van der Waals surface area contributed by atoms with Crippen molar-refractivity contribution in [3.05, 3.63) is 35.1 Å². The van der Waals surface area contributed by atoms with Crippen LogP contribution >= 0.6 is 0 Å². The average molecular weight is 292 g/mol. The Bertz CT molecular complexity index is 459. The van der Waals surface area contributed by atoms with Crippen molar-refractivity contribution < 1.29 is 4.39 Å². The van der Waals surface area contributed by atoms with Gasteiger partial charge in [0.05, 0.1) is 0 Å². The van der Waals surface area contributed by atoms with Gasteiger partial charge in [0, 0.05) is 18.6 Å². The maximum absolute atomic E-state index is 13.8. The number of benzene rings is 1. The Morgan fingerprint density at radius 2 is 2.10 bits per heavy atom. The molecule has 0 saturated carbocycles. The second-order valence-corrected chi connectivity index (χ2v) is 6.75. The van der Waals surface area contributed by atoms with Gasteiger partial charge in [0.2, 0.25) is 0 Å². The van der Waals surface area contributed by atoms with Crippen LogP contribution in [-0.4, -0.2) is 30.6 Å². The van der Waals surface area contributed by atoms with Crippen LogP contribution in [0.15, 0.2) is 18.2 Å². The van der Waals surface area contributed by atoms with Crippen LogP contribution in [0.2, 0.25) is 0 Å². The van der Waals surface area contributed by atoms with Crippen molar-refractivity contribution in [3.63, 3.8) is 0 Å². The van der Waals surface area contributed by atoms with Gasteiger partial charge in [-0.05, 0) is 62.9 Å². The fourth-order valence-electron chi connectivity index (χ4n) is 3.10. The summed E-state index contributed by atoms with van der Waals surface area (Å²) in [6.07, 6.45) is 2.54. The lowest BCUT2D eigenvalue weighted by molar-refractivity contribution is 0.129. The summed E-state index contributed by atoms with van der Waals surface area (Å²) in [5, 5.41) is 3.54. The van der Waals surface area contributed by atoms with Gasteiger partial charge in [0.1, 0.15) is 5.82 Å². The first-order valence-corrected chi connectivity index (χ1v) is 8.21. The van der Waals surface area contributed by atoms with Crippen molar-refractivity contribution in [1.82, 2.24) is 10.2 Å². The van der Waals surface area contributed by atoms with Gasteiger partial charge in [-0.1, -0.05) is 26.0 Å². The predicted octanol–water partition coefficient (Wildman–Crippen LogP) is 3.91. The van der Waals surface area contributed by atoms with E-state index in [9.17, 15) is 4.39 Å². The summed E-state index contributed by atoms with van der Waals surface area (Å²) in [5.74, 6) is 0.619. The first-order chi connectivity index (χ1) is 9.97. The Labute approximate surface area is 128 Å². The molecule has 21 heavy (non-hydrogen) atoms. The summed E-state index contributed by atoms with van der Waals surface area (Å²) in [6.45, 7) is 11.7. The fourth-order valence-corrected chi connectivity index (χ4v) is 3.10. The van der Waals surface area contributed by atoms with E-state index in [1.54, 1.807) is 6.07 Å². The van der Waals surface area contributed by atoms with Gasteiger partial charge in [-0.15, -0.1) is 0 Å². The molecule has 1 heterocycles. The van der Waals surface area contributed by atoms with E-state index in [-0.39, 0.29) is 5.82 Å². The van der Waals surface area contributed by atoms with Crippen molar-refractivity contribution in [2.45, 2.75) is 52.6 Å². The zero-order chi connectivity index (χ0) is 15.4. The minimum Gasteiger partial charge on any atom is -0.314 e.